The molecule has 0 fully saturated rings. The van der Waals surface area contributed by atoms with Crippen molar-refractivity contribution < 1.29 is 14.3 Å². The van der Waals surface area contributed by atoms with Crippen LogP contribution in [0.15, 0.2) is 0 Å². The van der Waals surface area contributed by atoms with Gasteiger partial charge in [-0.05, 0) is 5.92 Å². The van der Waals surface area contributed by atoms with E-state index in [2.05, 4.69) is 13.8 Å². The summed E-state index contributed by atoms with van der Waals surface area (Å²) >= 11 is 0. The molecule has 0 aliphatic heterocycles. The first kappa shape index (κ1) is 12.4. The summed E-state index contributed by atoms with van der Waals surface area (Å²) in [4.78, 5) is 11.0. The minimum atomic E-state index is -0.159. The molecule has 0 bridgehead atoms. The van der Waals surface area contributed by atoms with E-state index in [0.717, 1.165) is 12.8 Å². The Morgan fingerprint density at radius 1 is 1.31 bits per heavy atom. The molecule has 0 aliphatic carbocycles. The molecule has 0 saturated carbocycles. The van der Waals surface area contributed by atoms with Crippen LogP contribution in [0.3, 0.4) is 0 Å². The smallest absolute Gasteiger partial charge is 0.308 e. The van der Waals surface area contributed by atoms with E-state index in [0.29, 0.717) is 25.6 Å². The van der Waals surface area contributed by atoms with Gasteiger partial charge in [-0.1, -0.05) is 26.7 Å². The summed E-state index contributed by atoms with van der Waals surface area (Å²) in [5.74, 6) is 0.347. The lowest BCUT2D eigenvalue weighted by molar-refractivity contribution is -0.146. The van der Waals surface area contributed by atoms with Gasteiger partial charge in [0.15, 0.2) is 0 Å². The van der Waals surface area contributed by atoms with Gasteiger partial charge in [-0.2, -0.15) is 0 Å². The predicted octanol–water partition coefficient (Wildman–Crippen LogP) is 2.00. The van der Waals surface area contributed by atoms with Crippen molar-refractivity contribution in [3.05, 3.63) is 0 Å². The molecular weight excluding hydrogens is 168 g/mol. The van der Waals surface area contributed by atoms with Crippen molar-refractivity contribution in [3.63, 3.8) is 0 Å². The Hall–Kier alpha value is -0.570. The first-order chi connectivity index (χ1) is 6.24. The standard InChI is InChI=1S/C10H20O3/c1-4-9(5-2)8-13-10(11)6-7-12-3/h9H,4-8H2,1-3H3. The lowest BCUT2D eigenvalue weighted by Crippen LogP contribution is -2.14. The Morgan fingerprint density at radius 3 is 2.38 bits per heavy atom. The minimum absolute atomic E-state index is 0.159. The maximum absolute atomic E-state index is 11.0. The van der Waals surface area contributed by atoms with Crippen molar-refractivity contribution in [1.82, 2.24) is 0 Å². The second-order valence-corrected chi connectivity index (χ2v) is 3.11. The highest BCUT2D eigenvalue weighted by Crippen LogP contribution is 2.07. The molecular formula is C10H20O3. The highest BCUT2D eigenvalue weighted by atomic mass is 16.5. The molecule has 0 radical (unpaired) electrons. The van der Waals surface area contributed by atoms with E-state index in [4.69, 9.17) is 9.47 Å². The maximum atomic E-state index is 11.0. The van der Waals surface area contributed by atoms with Gasteiger partial charge in [0.05, 0.1) is 19.6 Å². The number of esters is 1. The zero-order chi connectivity index (χ0) is 10.1. The zero-order valence-electron chi connectivity index (χ0n) is 8.84. The van der Waals surface area contributed by atoms with Crippen molar-refractivity contribution in [1.29, 1.82) is 0 Å². The van der Waals surface area contributed by atoms with Crippen LogP contribution in [-0.2, 0) is 14.3 Å². The van der Waals surface area contributed by atoms with Crippen LogP contribution >= 0.6 is 0 Å². The molecule has 0 N–H and O–H groups in total. The van der Waals surface area contributed by atoms with E-state index in [9.17, 15) is 4.79 Å². The average molecular weight is 188 g/mol. The molecule has 0 aromatic carbocycles. The molecule has 0 amide bonds. The van der Waals surface area contributed by atoms with Crippen molar-refractivity contribution in [2.24, 2.45) is 5.92 Å². The molecule has 0 heterocycles. The van der Waals surface area contributed by atoms with Gasteiger partial charge in [0, 0.05) is 7.11 Å². The number of carbonyl (C=O) groups excluding carboxylic acids is 1. The lowest BCUT2D eigenvalue weighted by Gasteiger charge is -2.12. The predicted molar refractivity (Wildman–Crippen MR) is 51.5 cm³/mol. The third-order valence-electron chi connectivity index (χ3n) is 2.15. The third-order valence-corrected chi connectivity index (χ3v) is 2.15. The van der Waals surface area contributed by atoms with Gasteiger partial charge < -0.3 is 9.47 Å². The summed E-state index contributed by atoms with van der Waals surface area (Å²) in [5.41, 5.74) is 0. The van der Waals surface area contributed by atoms with Crippen LogP contribution < -0.4 is 0 Å². The monoisotopic (exact) mass is 188 g/mol. The molecule has 78 valence electrons. The highest BCUT2D eigenvalue weighted by molar-refractivity contribution is 5.69. The Kier molecular flexibility index (Phi) is 7.69. The molecule has 3 nitrogen and oxygen atoms in total. The summed E-state index contributed by atoms with van der Waals surface area (Å²) in [6.45, 7) is 5.21. The van der Waals surface area contributed by atoms with Gasteiger partial charge in [-0.3, -0.25) is 4.79 Å². The van der Waals surface area contributed by atoms with Gasteiger partial charge in [0.1, 0.15) is 0 Å². The molecule has 0 spiro atoms. The fourth-order valence-corrected chi connectivity index (χ4v) is 0.993. The summed E-state index contributed by atoms with van der Waals surface area (Å²) in [6.07, 6.45) is 2.48. The molecule has 0 aromatic rings. The van der Waals surface area contributed by atoms with Crippen molar-refractivity contribution in [2.75, 3.05) is 20.3 Å². The first-order valence-electron chi connectivity index (χ1n) is 4.89. The first-order valence-corrected chi connectivity index (χ1v) is 4.89. The lowest BCUT2D eigenvalue weighted by atomic mass is 10.1. The summed E-state index contributed by atoms with van der Waals surface area (Å²) in [7, 11) is 1.58. The van der Waals surface area contributed by atoms with Gasteiger partial charge in [-0.25, -0.2) is 0 Å². The Balaban J connectivity index is 3.44. The number of ether oxygens (including phenoxy) is 2. The van der Waals surface area contributed by atoms with Crippen LogP contribution in [0.5, 0.6) is 0 Å². The number of rotatable bonds is 7. The number of carbonyl (C=O) groups is 1. The van der Waals surface area contributed by atoms with E-state index in [-0.39, 0.29) is 5.97 Å². The van der Waals surface area contributed by atoms with Crippen LogP contribution in [0.2, 0.25) is 0 Å². The minimum Gasteiger partial charge on any atom is -0.465 e. The van der Waals surface area contributed by atoms with Crippen LogP contribution in [0.4, 0.5) is 0 Å². The Morgan fingerprint density at radius 2 is 1.92 bits per heavy atom. The van der Waals surface area contributed by atoms with Gasteiger partial charge in [-0.15, -0.1) is 0 Å². The molecule has 0 rings (SSSR count). The molecule has 0 aromatic heterocycles. The summed E-state index contributed by atoms with van der Waals surface area (Å²) in [5, 5.41) is 0. The van der Waals surface area contributed by atoms with E-state index < -0.39 is 0 Å². The summed E-state index contributed by atoms with van der Waals surface area (Å²) < 4.78 is 9.84. The zero-order valence-corrected chi connectivity index (χ0v) is 8.84. The highest BCUT2D eigenvalue weighted by Gasteiger charge is 2.07. The van der Waals surface area contributed by atoms with Crippen LogP contribution in [-0.4, -0.2) is 26.3 Å². The average Bonchev–Trinajstić information content (AvgIpc) is 2.16. The maximum Gasteiger partial charge on any atom is 0.308 e. The fourth-order valence-electron chi connectivity index (χ4n) is 0.993. The molecule has 0 saturated heterocycles. The fraction of sp³-hybridized carbons (Fsp3) is 0.900. The van der Waals surface area contributed by atoms with Crippen LogP contribution in [0.1, 0.15) is 33.1 Å². The molecule has 0 unspecified atom stereocenters. The van der Waals surface area contributed by atoms with E-state index in [1.807, 2.05) is 0 Å². The van der Waals surface area contributed by atoms with Crippen molar-refractivity contribution >= 4 is 5.97 Å². The second-order valence-electron chi connectivity index (χ2n) is 3.11. The number of methoxy groups -OCH3 is 1. The van der Waals surface area contributed by atoms with E-state index >= 15 is 0 Å². The van der Waals surface area contributed by atoms with Crippen LogP contribution in [0, 0.1) is 5.92 Å². The second kappa shape index (κ2) is 8.05. The topological polar surface area (TPSA) is 35.5 Å². The SMILES string of the molecule is CCC(CC)COC(=O)CCOC. The van der Waals surface area contributed by atoms with E-state index in [1.165, 1.54) is 0 Å². The normalized spacial score (nSPS) is 10.5. The quantitative estimate of drug-likeness (QED) is 0.573. The molecule has 3 heteroatoms. The van der Waals surface area contributed by atoms with Crippen LogP contribution in [0.25, 0.3) is 0 Å². The van der Waals surface area contributed by atoms with Gasteiger partial charge in [0.2, 0.25) is 0 Å². The Bertz CT molecular complexity index is 130. The third kappa shape index (κ3) is 6.58. The van der Waals surface area contributed by atoms with Gasteiger partial charge >= 0.3 is 5.97 Å². The number of hydrogen-bond acceptors (Lipinski definition) is 3. The van der Waals surface area contributed by atoms with E-state index in [1.54, 1.807) is 7.11 Å². The van der Waals surface area contributed by atoms with Crippen molar-refractivity contribution in [3.8, 4) is 0 Å². The largest absolute Gasteiger partial charge is 0.465 e. The number of hydrogen-bond donors (Lipinski definition) is 0. The molecule has 13 heavy (non-hydrogen) atoms. The van der Waals surface area contributed by atoms with Gasteiger partial charge in [0.25, 0.3) is 0 Å². The summed E-state index contributed by atoms with van der Waals surface area (Å²) in [6, 6.07) is 0. The molecule has 0 aliphatic rings. The Labute approximate surface area is 80.4 Å². The molecule has 0 atom stereocenters. The van der Waals surface area contributed by atoms with Crippen molar-refractivity contribution in [2.45, 2.75) is 33.1 Å².